The molecule has 0 radical (unpaired) electrons. The summed E-state index contributed by atoms with van der Waals surface area (Å²) >= 11 is 0. The summed E-state index contributed by atoms with van der Waals surface area (Å²) in [5.74, 6) is 0.756. The maximum Gasteiger partial charge on any atom is 0.244 e. The molecule has 0 aliphatic carbocycles. The summed E-state index contributed by atoms with van der Waals surface area (Å²) in [6, 6.07) is 3.80. The van der Waals surface area contributed by atoms with Crippen molar-refractivity contribution in [1.82, 2.24) is 24.5 Å². The van der Waals surface area contributed by atoms with Gasteiger partial charge in [-0.1, -0.05) is 20.8 Å². The fraction of sp³-hybridized carbons (Fsp3) is 0.556. The van der Waals surface area contributed by atoms with Crippen molar-refractivity contribution in [3.8, 4) is 0 Å². The standard InChI is InChI=1S/C18H26N6O2/c1-18(2,3)17(26)21-15-5-9-20-24(15)14-6-11-22(12-7-14)16(25)13-23-10-4-8-19-23/h4-5,8-10,14H,6-7,11-13H2,1-3H3,(H,21,26). The summed E-state index contributed by atoms with van der Waals surface area (Å²) in [5.41, 5.74) is -0.461. The molecule has 3 rings (SSSR count). The normalized spacial score (nSPS) is 15.9. The summed E-state index contributed by atoms with van der Waals surface area (Å²) < 4.78 is 3.51. The van der Waals surface area contributed by atoms with Crippen LogP contribution in [0.2, 0.25) is 0 Å². The van der Waals surface area contributed by atoms with Gasteiger partial charge in [-0.2, -0.15) is 10.2 Å². The molecule has 2 amide bonds. The molecule has 1 N–H and O–H groups in total. The molecule has 26 heavy (non-hydrogen) atoms. The lowest BCUT2D eigenvalue weighted by atomic mass is 9.96. The average Bonchev–Trinajstić information content (AvgIpc) is 3.26. The predicted molar refractivity (Wildman–Crippen MR) is 97.4 cm³/mol. The largest absolute Gasteiger partial charge is 0.341 e. The van der Waals surface area contributed by atoms with E-state index in [9.17, 15) is 9.59 Å². The van der Waals surface area contributed by atoms with Crippen molar-refractivity contribution in [3.63, 3.8) is 0 Å². The van der Waals surface area contributed by atoms with Crippen LogP contribution in [0.15, 0.2) is 30.7 Å². The number of hydrogen-bond donors (Lipinski definition) is 1. The fourth-order valence-corrected chi connectivity index (χ4v) is 3.00. The van der Waals surface area contributed by atoms with Crippen molar-refractivity contribution in [1.29, 1.82) is 0 Å². The number of aromatic nitrogens is 4. The fourth-order valence-electron chi connectivity index (χ4n) is 3.00. The molecular weight excluding hydrogens is 332 g/mol. The molecular formula is C18H26N6O2. The third-order valence-corrected chi connectivity index (χ3v) is 4.61. The number of rotatable bonds is 4. The second kappa shape index (κ2) is 7.31. The zero-order valence-electron chi connectivity index (χ0n) is 15.6. The summed E-state index contributed by atoms with van der Waals surface area (Å²) in [4.78, 5) is 26.5. The summed E-state index contributed by atoms with van der Waals surface area (Å²) in [5, 5.41) is 11.4. The summed E-state index contributed by atoms with van der Waals surface area (Å²) in [6.07, 6.45) is 6.78. The van der Waals surface area contributed by atoms with Crippen LogP contribution in [0.5, 0.6) is 0 Å². The number of amides is 2. The van der Waals surface area contributed by atoms with E-state index in [0.29, 0.717) is 18.9 Å². The number of hydrogen-bond acceptors (Lipinski definition) is 4. The first-order chi connectivity index (χ1) is 12.3. The van der Waals surface area contributed by atoms with E-state index in [1.165, 1.54) is 0 Å². The molecule has 0 saturated carbocycles. The monoisotopic (exact) mass is 358 g/mol. The molecule has 1 aliphatic heterocycles. The minimum atomic E-state index is -0.461. The van der Waals surface area contributed by atoms with E-state index in [0.717, 1.165) is 12.8 Å². The Bertz CT molecular complexity index is 751. The quantitative estimate of drug-likeness (QED) is 0.905. The van der Waals surface area contributed by atoms with E-state index in [2.05, 4.69) is 15.5 Å². The average molecular weight is 358 g/mol. The summed E-state index contributed by atoms with van der Waals surface area (Å²) in [6.45, 7) is 7.27. The lowest BCUT2D eigenvalue weighted by molar-refractivity contribution is -0.133. The van der Waals surface area contributed by atoms with Crippen molar-refractivity contribution in [2.75, 3.05) is 18.4 Å². The van der Waals surface area contributed by atoms with E-state index in [4.69, 9.17) is 0 Å². The van der Waals surface area contributed by atoms with Crippen LogP contribution in [-0.4, -0.2) is 49.4 Å². The molecule has 0 unspecified atom stereocenters. The third kappa shape index (κ3) is 4.12. The first-order valence-electron chi connectivity index (χ1n) is 8.95. The molecule has 0 aromatic carbocycles. The molecule has 8 nitrogen and oxygen atoms in total. The lowest BCUT2D eigenvalue weighted by Gasteiger charge is -2.33. The van der Waals surface area contributed by atoms with Gasteiger partial charge >= 0.3 is 0 Å². The van der Waals surface area contributed by atoms with E-state index < -0.39 is 5.41 Å². The maximum atomic E-state index is 12.4. The van der Waals surface area contributed by atoms with Crippen molar-refractivity contribution < 1.29 is 9.59 Å². The minimum absolute atomic E-state index is 0.0360. The molecule has 3 heterocycles. The Labute approximate surface area is 153 Å². The molecule has 1 aliphatic rings. The first-order valence-corrected chi connectivity index (χ1v) is 8.95. The van der Waals surface area contributed by atoms with Crippen LogP contribution in [0, 0.1) is 5.41 Å². The van der Waals surface area contributed by atoms with Gasteiger partial charge in [-0.25, -0.2) is 4.68 Å². The highest BCUT2D eigenvalue weighted by Gasteiger charge is 2.27. The number of carbonyl (C=O) groups is 2. The van der Waals surface area contributed by atoms with Gasteiger partial charge in [0.2, 0.25) is 11.8 Å². The number of anilines is 1. The van der Waals surface area contributed by atoms with Gasteiger partial charge in [0, 0.05) is 37.0 Å². The SMILES string of the molecule is CC(C)(C)C(=O)Nc1ccnn1C1CCN(C(=O)Cn2cccn2)CC1. The molecule has 0 bridgehead atoms. The van der Waals surface area contributed by atoms with Crippen LogP contribution < -0.4 is 5.32 Å². The molecule has 2 aromatic heterocycles. The van der Waals surface area contributed by atoms with Gasteiger partial charge in [-0.3, -0.25) is 14.3 Å². The lowest BCUT2D eigenvalue weighted by Crippen LogP contribution is -2.41. The highest BCUT2D eigenvalue weighted by atomic mass is 16.2. The smallest absolute Gasteiger partial charge is 0.244 e. The Morgan fingerprint density at radius 1 is 1.19 bits per heavy atom. The van der Waals surface area contributed by atoms with Crippen LogP contribution in [0.3, 0.4) is 0 Å². The molecule has 2 aromatic rings. The third-order valence-electron chi connectivity index (χ3n) is 4.61. The Morgan fingerprint density at radius 2 is 1.92 bits per heavy atom. The minimum Gasteiger partial charge on any atom is -0.341 e. The van der Waals surface area contributed by atoms with Crippen molar-refractivity contribution in [3.05, 3.63) is 30.7 Å². The van der Waals surface area contributed by atoms with Crippen LogP contribution in [0.4, 0.5) is 5.82 Å². The molecule has 140 valence electrons. The summed E-state index contributed by atoms with van der Waals surface area (Å²) in [7, 11) is 0. The number of carbonyl (C=O) groups excluding carboxylic acids is 2. The number of likely N-dealkylation sites (tertiary alicyclic amines) is 1. The van der Waals surface area contributed by atoms with Gasteiger partial charge in [0.15, 0.2) is 0 Å². The van der Waals surface area contributed by atoms with Crippen molar-refractivity contribution in [2.45, 2.75) is 46.2 Å². The van der Waals surface area contributed by atoms with Crippen LogP contribution in [0.1, 0.15) is 39.7 Å². The van der Waals surface area contributed by atoms with Gasteiger partial charge in [-0.05, 0) is 18.9 Å². The molecule has 0 spiro atoms. The first kappa shape index (κ1) is 18.2. The Balaban J connectivity index is 1.58. The van der Waals surface area contributed by atoms with Crippen LogP contribution >= 0.6 is 0 Å². The zero-order valence-corrected chi connectivity index (χ0v) is 15.6. The maximum absolute atomic E-state index is 12.4. The van der Waals surface area contributed by atoms with Crippen LogP contribution in [-0.2, 0) is 16.1 Å². The number of piperidine rings is 1. The Hall–Kier alpha value is -2.64. The molecule has 1 saturated heterocycles. The second-order valence-corrected chi connectivity index (χ2v) is 7.68. The second-order valence-electron chi connectivity index (χ2n) is 7.68. The van der Waals surface area contributed by atoms with Crippen molar-refractivity contribution in [2.24, 2.45) is 5.41 Å². The molecule has 8 heteroatoms. The van der Waals surface area contributed by atoms with Gasteiger partial charge in [0.25, 0.3) is 0 Å². The van der Waals surface area contributed by atoms with E-state index in [1.54, 1.807) is 23.3 Å². The highest BCUT2D eigenvalue weighted by molar-refractivity contribution is 5.93. The van der Waals surface area contributed by atoms with E-state index in [-0.39, 0.29) is 24.4 Å². The van der Waals surface area contributed by atoms with E-state index in [1.807, 2.05) is 42.5 Å². The predicted octanol–water partition coefficient (Wildman–Crippen LogP) is 1.93. The molecule has 1 fully saturated rings. The van der Waals surface area contributed by atoms with Gasteiger partial charge < -0.3 is 10.2 Å². The number of nitrogens with one attached hydrogen (secondary N) is 1. The van der Waals surface area contributed by atoms with Gasteiger partial charge in [-0.15, -0.1) is 0 Å². The van der Waals surface area contributed by atoms with Gasteiger partial charge in [0.05, 0.1) is 12.2 Å². The molecule has 0 atom stereocenters. The van der Waals surface area contributed by atoms with Crippen LogP contribution in [0.25, 0.3) is 0 Å². The Kier molecular flexibility index (Phi) is 5.11. The Morgan fingerprint density at radius 3 is 2.54 bits per heavy atom. The van der Waals surface area contributed by atoms with Gasteiger partial charge in [0.1, 0.15) is 12.4 Å². The highest BCUT2D eigenvalue weighted by Crippen LogP contribution is 2.26. The number of nitrogens with zero attached hydrogens (tertiary/aromatic N) is 5. The zero-order chi connectivity index (χ0) is 18.7. The topological polar surface area (TPSA) is 85.0 Å². The van der Waals surface area contributed by atoms with Crippen molar-refractivity contribution >= 4 is 17.6 Å². The van der Waals surface area contributed by atoms with E-state index >= 15 is 0 Å².